The van der Waals surface area contributed by atoms with Crippen molar-refractivity contribution in [1.29, 1.82) is 0 Å². The number of ether oxygens (including phenoxy) is 2. The van der Waals surface area contributed by atoms with Gasteiger partial charge >= 0.3 is 0 Å². The zero-order chi connectivity index (χ0) is 10.9. The molecule has 0 fully saturated rings. The molecule has 0 saturated carbocycles. The van der Waals surface area contributed by atoms with Gasteiger partial charge in [0.15, 0.2) is 0 Å². The molecule has 0 aromatic carbocycles. The summed E-state index contributed by atoms with van der Waals surface area (Å²) in [4.78, 5) is 0. The summed E-state index contributed by atoms with van der Waals surface area (Å²) >= 11 is 1.25. The lowest BCUT2D eigenvalue weighted by Crippen LogP contribution is -2.07. The van der Waals surface area contributed by atoms with Gasteiger partial charge in [-0.15, -0.1) is 5.10 Å². The SMILES string of the molecule is CCCCOCCOc1nnc(CO)s1. The number of nitrogens with zero attached hydrogens (tertiary/aromatic N) is 2. The van der Waals surface area contributed by atoms with Crippen LogP contribution in [0.15, 0.2) is 0 Å². The van der Waals surface area contributed by atoms with Crippen LogP contribution >= 0.6 is 11.3 Å². The highest BCUT2D eigenvalue weighted by Gasteiger charge is 2.02. The van der Waals surface area contributed by atoms with Crippen molar-refractivity contribution in [3.63, 3.8) is 0 Å². The van der Waals surface area contributed by atoms with Crippen LogP contribution in [-0.4, -0.2) is 35.1 Å². The van der Waals surface area contributed by atoms with Crippen molar-refractivity contribution in [3.05, 3.63) is 5.01 Å². The fraction of sp³-hybridized carbons (Fsp3) is 0.778. The first-order valence-corrected chi connectivity index (χ1v) is 5.82. The second-order valence-electron chi connectivity index (χ2n) is 2.93. The summed E-state index contributed by atoms with van der Waals surface area (Å²) in [7, 11) is 0. The highest BCUT2D eigenvalue weighted by atomic mass is 32.1. The molecule has 1 N–H and O–H groups in total. The van der Waals surface area contributed by atoms with Crippen LogP contribution in [0, 0.1) is 0 Å². The molecular formula is C9H16N2O3S. The highest BCUT2D eigenvalue weighted by Crippen LogP contribution is 2.17. The predicted octanol–water partition coefficient (Wildman–Crippen LogP) is 1.23. The molecule has 0 aliphatic carbocycles. The van der Waals surface area contributed by atoms with E-state index in [2.05, 4.69) is 17.1 Å². The van der Waals surface area contributed by atoms with E-state index in [1.165, 1.54) is 11.3 Å². The summed E-state index contributed by atoms with van der Waals surface area (Å²) < 4.78 is 10.6. The first-order chi connectivity index (χ1) is 7.36. The summed E-state index contributed by atoms with van der Waals surface area (Å²) in [5.74, 6) is 0. The molecule has 0 unspecified atom stereocenters. The fourth-order valence-corrected chi connectivity index (χ4v) is 1.47. The van der Waals surface area contributed by atoms with E-state index >= 15 is 0 Å². The van der Waals surface area contributed by atoms with Crippen LogP contribution in [0.1, 0.15) is 24.8 Å². The molecule has 0 amide bonds. The molecule has 0 atom stereocenters. The minimum absolute atomic E-state index is 0.0893. The monoisotopic (exact) mass is 232 g/mol. The topological polar surface area (TPSA) is 64.5 Å². The van der Waals surface area contributed by atoms with Gasteiger partial charge in [0, 0.05) is 6.61 Å². The number of unbranched alkanes of at least 4 members (excludes halogenated alkanes) is 1. The van der Waals surface area contributed by atoms with Crippen LogP contribution < -0.4 is 4.74 Å². The lowest BCUT2D eigenvalue weighted by atomic mass is 10.4. The number of aliphatic hydroxyl groups excluding tert-OH is 1. The molecule has 0 saturated heterocycles. The molecule has 1 rings (SSSR count). The maximum Gasteiger partial charge on any atom is 0.294 e. The first kappa shape index (κ1) is 12.4. The summed E-state index contributed by atoms with van der Waals surface area (Å²) in [6, 6.07) is 0. The van der Waals surface area contributed by atoms with Gasteiger partial charge in [-0.2, -0.15) is 0 Å². The van der Waals surface area contributed by atoms with Crippen molar-refractivity contribution < 1.29 is 14.6 Å². The van der Waals surface area contributed by atoms with Gasteiger partial charge in [-0.3, -0.25) is 0 Å². The first-order valence-electron chi connectivity index (χ1n) is 5.00. The molecule has 0 spiro atoms. The lowest BCUT2D eigenvalue weighted by Gasteiger charge is -2.02. The second kappa shape index (κ2) is 7.56. The largest absolute Gasteiger partial charge is 0.466 e. The Morgan fingerprint density at radius 3 is 2.80 bits per heavy atom. The predicted molar refractivity (Wildman–Crippen MR) is 57.1 cm³/mol. The van der Waals surface area contributed by atoms with Gasteiger partial charge in [-0.05, 0) is 6.42 Å². The average Bonchev–Trinajstić information content (AvgIpc) is 2.71. The quantitative estimate of drug-likeness (QED) is 0.683. The van der Waals surface area contributed by atoms with Crippen molar-refractivity contribution in [2.75, 3.05) is 19.8 Å². The van der Waals surface area contributed by atoms with Crippen LogP contribution in [0.3, 0.4) is 0 Å². The Labute approximate surface area is 93.1 Å². The van der Waals surface area contributed by atoms with Crippen LogP contribution in [0.2, 0.25) is 0 Å². The summed E-state index contributed by atoms with van der Waals surface area (Å²) in [5, 5.41) is 17.3. The van der Waals surface area contributed by atoms with E-state index in [4.69, 9.17) is 14.6 Å². The highest BCUT2D eigenvalue weighted by molar-refractivity contribution is 7.13. The van der Waals surface area contributed by atoms with E-state index in [-0.39, 0.29) is 6.61 Å². The average molecular weight is 232 g/mol. The standard InChI is InChI=1S/C9H16N2O3S/c1-2-3-4-13-5-6-14-9-11-10-8(7-12)15-9/h12H,2-7H2,1H3. The Kier molecular flexibility index (Phi) is 6.22. The van der Waals surface area contributed by atoms with Gasteiger partial charge < -0.3 is 14.6 Å². The molecule has 1 aromatic heterocycles. The van der Waals surface area contributed by atoms with E-state index in [0.717, 1.165) is 19.4 Å². The number of hydrogen-bond acceptors (Lipinski definition) is 6. The molecular weight excluding hydrogens is 216 g/mol. The summed E-state index contributed by atoms with van der Waals surface area (Å²) in [6.45, 7) is 3.85. The summed E-state index contributed by atoms with van der Waals surface area (Å²) in [5.41, 5.74) is 0. The number of hydrogen-bond donors (Lipinski definition) is 1. The Balaban J connectivity index is 2.04. The minimum atomic E-state index is -0.0893. The van der Waals surface area contributed by atoms with E-state index in [0.29, 0.717) is 23.4 Å². The molecule has 0 bridgehead atoms. The molecule has 1 heterocycles. The zero-order valence-corrected chi connectivity index (χ0v) is 9.63. The van der Waals surface area contributed by atoms with E-state index in [9.17, 15) is 0 Å². The molecule has 6 heteroatoms. The van der Waals surface area contributed by atoms with Crippen molar-refractivity contribution in [1.82, 2.24) is 10.2 Å². The Morgan fingerprint density at radius 2 is 2.13 bits per heavy atom. The molecule has 15 heavy (non-hydrogen) atoms. The maximum absolute atomic E-state index is 8.75. The van der Waals surface area contributed by atoms with Crippen LogP contribution in [0.5, 0.6) is 5.19 Å². The molecule has 0 radical (unpaired) electrons. The number of rotatable bonds is 8. The van der Waals surface area contributed by atoms with Gasteiger partial charge in [-0.25, -0.2) is 0 Å². The van der Waals surface area contributed by atoms with Crippen LogP contribution in [0.25, 0.3) is 0 Å². The van der Waals surface area contributed by atoms with Gasteiger partial charge in [-0.1, -0.05) is 29.8 Å². The molecule has 86 valence electrons. The minimum Gasteiger partial charge on any atom is -0.466 e. The van der Waals surface area contributed by atoms with Gasteiger partial charge in [0.25, 0.3) is 5.19 Å². The molecule has 0 aliphatic heterocycles. The van der Waals surface area contributed by atoms with E-state index in [1.54, 1.807) is 0 Å². The number of aliphatic hydroxyl groups is 1. The van der Waals surface area contributed by atoms with E-state index < -0.39 is 0 Å². The van der Waals surface area contributed by atoms with Crippen LogP contribution in [0.4, 0.5) is 0 Å². The third-order valence-corrected chi connectivity index (χ3v) is 2.50. The maximum atomic E-state index is 8.75. The lowest BCUT2D eigenvalue weighted by molar-refractivity contribution is 0.0977. The van der Waals surface area contributed by atoms with E-state index in [1.807, 2.05) is 0 Å². The van der Waals surface area contributed by atoms with Crippen molar-refractivity contribution in [3.8, 4) is 5.19 Å². The molecule has 0 aliphatic rings. The third-order valence-electron chi connectivity index (χ3n) is 1.68. The van der Waals surface area contributed by atoms with Gasteiger partial charge in [0.05, 0.1) is 13.2 Å². The van der Waals surface area contributed by atoms with Gasteiger partial charge in [0.1, 0.15) is 11.6 Å². The molecule has 5 nitrogen and oxygen atoms in total. The Hall–Kier alpha value is -0.720. The Bertz CT molecular complexity index is 268. The zero-order valence-electron chi connectivity index (χ0n) is 8.81. The second-order valence-corrected chi connectivity index (χ2v) is 3.96. The fourth-order valence-electron chi connectivity index (χ4n) is 0.897. The normalized spacial score (nSPS) is 10.5. The number of aromatic nitrogens is 2. The van der Waals surface area contributed by atoms with Crippen molar-refractivity contribution in [2.24, 2.45) is 0 Å². The third kappa shape index (κ3) is 5.06. The van der Waals surface area contributed by atoms with Crippen molar-refractivity contribution in [2.45, 2.75) is 26.4 Å². The molecule has 1 aromatic rings. The Morgan fingerprint density at radius 1 is 1.27 bits per heavy atom. The van der Waals surface area contributed by atoms with Crippen LogP contribution in [-0.2, 0) is 11.3 Å². The summed E-state index contributed by atoms with van der Waals surface area (Å²) in [6.07, 6.45) is 2.21. The smallest absolute Gasteiger partial charge is 0.294 e. The van der Waals surface area contributed by atoms with Gasteiger partial charge in [0.2, 0.25) is 0 Å². The van der Waals surface area contributed by atoms with Crippen molar-refractivity contribution >= 4 is 11.3 Å².